The lowest BCUT2D eigenvalue weighted by Crippen LogP contribution is -2.59. The highest BCUT2D eigenvalue weighted by Crippen LogP contribution is 2.54. The largest absolute Gasteiger partial charge is 0.389 e. The van der Waals surface area contributed by atoms with Crippen LogP contribution >= 0.6 is 15.9 Å². The van der Waals surface area contributed by atoms with Gasteiger partial charge in [-0.1, -0.05) is 40.2 Å². The number of ether oxygens (including phenoxy) is 1. The van der Waals surface area contributed by atoms with Gasteiger partial charge in [-0.25, -0.2) is 0 Å². The first-order chi connectivity index (χ1) is 10.6. The molecule has 0 unspecified atom stereocenters. The van der Waals surface area contributed by atoms with E-state index in [0.29, 0.717) is 23.9 Å². The summed E-state index contributed by atoms with van der Waals surface area (Å²) in [5.74, 6) is 1.62. The van der Waals surface area contributed by atoms with Crippen LogP contribution in [0.15, 0.2) is 24.3 Å². The van der Waals surface area contributed by atoms with Crippen molar-refractivity contribution >= 4 is 15.9 Å². The highest BCUT2D eigenvalue weighted by Gasteiger charge is 2.54. The summed E-state index contributed by atoms with van der Waals surface area (Å²) in [5, 5.41) is 10.3. The molecule has 23 heavy (non-hydrogen) atoms. The summed E-state index contributed by atoms with van der Waals surface area (Å²) in [6.07, 6.45) is 6.61. The van der Waals surface area contributed by atoms with Gasteiger partial charge in [-0.3, -0.25) is 0 Å². The van der Waals surface area contributed by atoms with Gasteiger partial charge in [0.15, 0.2) is 0 Å². The number of allylic oxidation sites excluding steroid dienone is 2. The predicted molar refractivity (Wildman–Crippen MR) is 98.7 cm³/mol. The smallest absolute Gasteiger partial charge is 0.0744 e. The Balaban J connectivity index is 1.64. The van der Waals surface area contributed by atoms with Crippen LogP contribution in [0.4, 0.5) is 0 Å². The Labute approximate surface area is 149 Å². The lowest BCUT2D eigenvalue weighted by atomic mass is 9.61. The first-order valence-electron chi connectivity index (χ1n) is 8.99. The van der Waals surface area contributed by atoms with Crippen LogP contribution in [0.1, 0.15) is 59.3 Å². The summed E-state index contributed by atoms with van der Waals surface area (Å²) >= 11 is 3.68. The molecule has 4 rings (SSSR count). The van der Waals surface area contributed by atoms with Crippen molar-refractivity contribution < 1.29 is 9.84 Å². The Morgan fingerprint density at radius 3 is 2.52 bits per heavy atom. The summed E-state index contributed by atoms with van der Waals surface area (Å²) in [7, 11) is 0. The summed E-state index contributed by atoms with van der Waals surface area (Å²) in [5.41, 5.74) is 2.16. The third-order valence-corrected chi connectivity index (χ3v) is 7.95. The average Bonchev–Trinajstić information content (AvgIpc) is 2.42. The van der Waals surface area contributed by atoms with Gasteiger partial charge in [0.05, 0.1) is 17.3 Å². The van der Waals surface area contributed by atoms with Crippen molar-refractivity contribution in [2.75, 3.05) is 0 Å². The van der Waals surface area contributed by atoms with Crippen molar-refractivity contribution in [3.8, 4) is 0 Å². The summed E-state index contributed by atoms with van der Waals surface area (Å²) in [6.45, 7) is 15.0. The van der Waals surface area contributed by atoms with Gasteiger partial charge >= 0.3 is 0 Å². The minimum atomic E-state index is -0.583. The monoisotopic (exact) mass is 382 g/mol. The molecule has 4 aliphatic rings. The average molecular weight is 383 g/mol. The highest BCUT2D eigenvalue weighted by atomic mass is 79.9. The van der Waals surface area contributed by atoms with Crippen LogP contribution in [0.5, 0.6) is 0 Å². The molecule has 1 N–H and O–H groups in total. The van der Waals surface area contributed by atoms with Crippen LogP contribution in [-0.2, 0) is 4.74 Å². The first kappa shape index (κ1) is 17.7. The fourth-order valence-corrected chi connectivity index (χ4v) is 5.61. The predicted octanol–water partition coefficient (Wildman–Crippen LogP) is 5.01. The Bertz CT molecular complexity index is 504. The molecule has 2 aliphatic carbocycles. The topological polar surface area (TPSA) is 29.5 Å². The molecule has 0 amide bonds. The summed E-state index contributed by atoms with van der Waals surface area (Å²) in [6, 6.07) is 0. The minimum Gasteiger partial charge on any atom is -0.389 e. The fraction of sp³-hybridized carbons (Fsp3) is 0.800. The van der Waals surface area contributed by atoms with Crippen LogP contribution < -0.4 is 0 Å². The molecule has 2 bridgehead atoms. The standard InChI is InChI=1S/C20H31BrO2/c1-12(2)16-10-19(4)11-17(23-19)15(16)8-13(3)14-6-7-20(5,22)18(21)9-14/h14-18,22H,1,3,6-11H2,2,4-5H3/t14-,15-,16-,17+,18-,19+,20+/m1/s1. The van der Waals surface area contributed by atoms with Gasteiger partial charge in [0.2, 0.25) is 0 Å². The lowest BCUT2D eigenvalue weighted by molar-refractivity contribution is -0.261. The van der Waals surface area contributed by atoms with Crippen molar-refractivity contribution in [2.24, 2.45) is 17.8 Å². The third-order valence-electron chi connectivity index (χ3n) is 6.59. The molecule has 2 heterocycles. The number of alkyl halides is 1. The van der Waals surface area contributed by atoms with Crippen molar-refractivity contribution in [3.05, 3.63) is 24.3 Å². The minimum absolute atomic E-state index is 0.0939. The zero-order valence-corrected chi connectivity index (χ0v) is 16.4. The molecule has 130 valence electrons. The second-order valence-electron chi connectivity index (χ2n) is 8.79. The number of halogens is 1. The molecule has 0 aromatic carbocycles. The van der Waals surface area contributed by atoms with E-state index in [9.17, 15) is 5.11 Å². The maximum Gasteiger partial charge on any atom is 0.0744 e. The van der Waals surface area contributed by atoms with Crippen molar-refractivity contribution in [1.29, 1.82) is 0 Å². The first-order valence-corrected chi connectivity index (χ1v) is 9.90. The number of rotatable bonds is 4. The van der Waals surface area contributed by atoms with Gasteiger partial charge in [0.25, 0.3) is 0 Å². The van der Waals surface area contributed by atoms with E-state index in [1.165, 1.54) is 17.6 Å². The Morgan fingerprint density at radius 1 is 1.30 bits per heavy atom. The molecular formula is C20H31BrO2. The van der Waals surface area contributed by atoms with Gasteiger partial charge in [-0.2, -0.15) is 0 Å². The zero-order valence-electron chi connectivity index (χ0n) is 14.8. The van der Waals surface area contributed by atoms with Gasteiger partial charge in [0.1, 0.15) is 0 Å². The van der Waals surface area contributed by atoms with Crippen LogP contribution in [0.2, 0.25) is 0 Å². The van der Waals surface area contributed by atoms with Gasteiger partial charge in [0, 0.05) is 11.2 Å². The van der Waals surface area contributed by atoms with E-state index < -0.39 is 5.60 Å². The van der Waals surface area contributed by atoms with E-state index in [2.05, 4.69) is 42.9 Å². The Morgan fingerprint density at radius 2 is 1.96 bits per heavy atom. The van der Waals surface area contributed by atoms with Crippen molar-refractivity contribution in [2.45, 2.75) is 81.4 Å². The normalized spacial score (nSPS) is 49.3. The molecule has 4 fully saturated rings. The van der Waals surface area contributed by atoms with E-state index >= 15 is 0 Å². The lowest BCUT2D eigenvalue weighted by Gasteiger charge is -2.58. The van der Waals surface area contributed by atoms with E-state index in [1.54, 1.807) is 0 Å². The molecule has 0 radical (unpaired) electrons. The van der Waals surface area contributed by atoms with E-state index in [4.69, 9.17) is 4.74 Å². The van der Waals surface area contributed by atoms with E-state index in [0.717, 1.165) is 32.1 Å². The molecule has 3 heteroatoms. The molecular weight excluding hydrogens is 352 g/mol. The Hall–Kier alpha value is -0.120. The number of hydrogen-bond acceptors (Lipinski definition) is 2. The summed E-state index contributed by atoms with van der Waals surface area (Å²) in [4.78, 5) is 0.164. The second-order valence-corrected chi connectivity index (χ2v) is 9.89. The SMILES string of the molecule is C=C(C[C@H]1[C@@H]2C[C@](C)(C[C@@H]1C(=C)C)O2)[C@@H]1CC[C@](C)(O)[C@H](Br)C1. The second kappa shape index (κ2) is 6.00. The number of hydrogen-bond donors (Lipinski definition) is 1. The van der Waals surface area contributed by atoms with Crippen LogP contribution in [0.3, 0.4) is 0 Å². The molecule has 2 saturated carbocycles. The molecule has 2 nitrogen and oxygen atoms in total. The quantitative estimate of drug-likeness (QED) is 0.546. The number of fused-ring (bicyclic) bond motifs is 2. The Kier molecular flexibility index (Phi) is 4.61. The van der Waals surface area contributed by atoms with Crippen LogP contribution in [-0.4, -0.2) is 27.2 Å². The molecule has 0 aromatic rings. The maximum atomic E-state index is 10.3. The maximum absolute atomic E-state index is 10.3. The van der Waals surface area contributed by atoms with Crippen molar-refractivity contribution in [1.82, 2.24) is 0 Å². The third kappa shape index (κ3) is 3.34. The molecule has 2 saturated heterocycles. The zero-order chi connectivity index (χ0) is 17.0. The molecule has 0 aromatic heterocycles. The fourth-order valence-electron chi connectivity index (χ4n) is 4.93. The van der Waals surface area contributed by atoms with Gasteiger partial charge in [-0.05, 0) is 70.6 Å². The van der Waals surface area contributed by atoms with E-state index in [-0.39, 0.29) is 10.4 Å². The van der Waals surface area contributed by atoms with Crippen LogP contribution in [0.25, 0.3) is 0 Å². The van der Waals surface area contributed by atoms with Gasteiger partial charge < -0.3 is 9.84 Å². The van der Waals surface area contributed by atoms with E-state index in [1.807, 2.05) is 6.92 Å². The molecule has 2 aliphatic heterocycles. The molecule has 7 atom stereocenters. The molecule has 0 spiro atoms. The summed E-state index contributed by atoms with van der Waals surface area (Å²) < 4.78 is 6.17. The van der Waals surface area contributed by atoms with Crippen LogP contribution in [0, 0.1) is 17.8 Å². The van der Waals surface area contributed by atoms with Gasteiger partial charge in [-0.15, -0.1) is 0 Å². The highest BCUT2D eigenvalue weighted by molar-refractivity contribution is 9.09. The van der Waals surface area contributed by atoms with Crippen molar-refractivity contribution in [3.63, 3.8) is 0 Å². The number of aliphatic hydroxyl groups is 1.